The van der Waals surface area contributed by atoms with E-state index in [9.17, 15) is 4.79 Å². The molecule has 1 heterocycles. The fourth-order valence-corrected chi connectivity index (χ4v) is 1.18. The Morgan fingerprint density at radius 1 is 1.54 bits per heavy atom. The van der Waals surface area contributed by atoms with Crippen LogP contribution in [-0.2, 0) is 5.54 Å². The normalized spacial score (nSPS) is 11.8. The number of rotatable bonds is 0. The highest BCUT2D eigenvalue weighted by atomic mass is 35.5. The van der Waals surface area contributed by atoms with Gasteiger partial charge in [-0.15, -0.1) is 12.6 Å². The predicted octanol–water partition coefficient (Wildman–Crippen LogP) is 1.94. The van der Waals surface area contributed by atoms with Gasteiger partial charge in [-0.05, 0) is 20.8 Å². The van der Waals surface area contributed by atoms with E-state index in [4.69, 9.17) is 11.6 Å². The molecular formula is C8H11ClN2OS. The first-order chi connectivity index (χ1) is 5.84. The third-order valence-corrected chi connectivity index (χ3v) is 2.37. The Balaban J connectivity index is 3.44. The van der Waals surface area contributed by atoms with E-state index in [-0.39, 0.29) is 16.1 Å². The van der Waals surface area contributed by atoms with E-state index in [0.717, 1.165) is 0 Å². The predicted molar refractivity (Wildman–Crippen MR) is 55.8 cm³/mol. The quantitative estimate of drug-likeness (QED) is 0.676. The molecule has 0 saturated heterocycles. The van der Waals surface area contributed by atoms with Crippen LogP contribution in [0.3, 0.4) is 0 Å². The molecule has 0 radical (unpaired) electrons. The van der Waals surface area contributed by atoms with Crippen molar-refractivity contribution in [3.8, 4) is 0 Å². The number of thiol groups is 1. The average molecular weight is 219 g/mol. The first kappa shape index (κ1) is 10.6. The Hall–Kier alpha value is -0.480. The van der Waals surface area contributed by atoms with E-state index < -0.39 is 0 Å². The Morgan fingerprint density at radius 3 is 2.54 bits per heavy atom. The largest absolute Gasteiger partial charge is 0.287 e. The van der Waals surface area contributed by atoms with E-state index in [1.54, 1.807) is 0 Å². The van der Waals surface area contributed by atoms with Gasteiger partial charge in [-0.3, -0.25) is 4.79 Å². The van der Waals surface area contributed by atoms with Gasteiger partial charge in [-0.2, -0.15) is 5.10 Å². The Morgan fingerprint density at radius 2 is 2.08 bits per heavy atom. The van der Waals surface area contributed by atoms with Crippen molar-refractivity contribution in [3.63, 3.8) is 0 Å². The SMILES string of the molecule is CC(C)(C)n1ncc(S)c(Cl)c1=O. The third kappa shape index (κ3) is 2.06. The molecule has 5 heteroatoms. The van der Waals surface area contributed by atoms with Crippen LogP contribution in [0.4, 0.5) is 0 Å². The van der Waals surface area contributed by atoms with Crippen molar-refractivity contribution in [2.75, 3.05) is 0 Å². The second-order valence-electron chi connectivity index (χ2n) is 3.73. The molecule has 0 unspecified atom stereocenters. The maximum Gasteiger partial charge on any atom is 0.287 e. The molecule has 0 atom stereocenters. The van der Waals surface area contributed by atoms with E-state index in [2.05, 4.69) is 17.7 Å². The second kappa shape index (κ2) is 3.35. The van der Waals surface area contributed by atoms with Gasteiger partial charge >= 0.3 is 0 Å². The van der Waals surface area contributed by atoms with Crippen LogP contribution >= 0.6 is 24.2 Å². The van der Waals surface area contributed by atoms with Gasteiger partial charge in [-0.25, -0.2) is 4.68 Å². The van der Waals surface area contributed by atoms with Crippen molar-refractivity contribution in [1.29, 1.82) is 0 Å². The van der Waals surface area contributed by atoms with Gasteiger partial charge in [0, 0.05) is 4.90 Å². The van der Waals surface area contributed by atoms with Crippen LogP contribution in [0.5, 0.6) is 0 Å². The summed E-state index contributed by atoms with van der Waals surface area (Å²) in [7, 11) is 0. The zero-order chi connectivity index (χ0) is 10.2. The lowest BCUT2D eigenvalue weighted by Crippen LogP contribution is -2.36. The van der Waals surface area contributed by atoms with Crippen LogP contribution in [-0.4, -0.2) is 9.78 Å². The van der Waals surface area contributed by atoms with Gasteiger partial charge in [0.15, 0.2) is 0 Å². The molecule has 0 amide bonds. The van der Waals surface area contributed by atoms with E-state index in [0.29, 0.717) is 4.90 Å². The van der Waals surface area contributed by atoms with Crippen molar-refractivity contribution >= 4 is 24.2 Å². The van der Waals surface area contributed by atoms with Crippen molar-refractivity contribution in [2.24, 2.45) is 0 Å². The molecule has 0 aliphatic rings. The van der Waals surface area contributed by atoms with Crippen molar-refractivity contribution < 1.29 is 0 Å². The summed E-state index contributed by atoms with van der Waals surface area (Å²) in [6.07, 6.45) is 1.47. The van der Waals surface area contributed by atoms with Crippen molar-refractivity contribution in [2.45, 2.75) is 31.2 Å². The molecular weight excluding hydrogens is 208 g/mol. The minimum Gasteiger partial charge on any atom is -0.266 e. The van der Waals surface area contributed by atoms with Gasteiger partial charge < -0.3 is 0 Å². The minimum atomic E-state index is -0.359. The fraction of sp³-hybridized carbons (Fsp3) is 0.500. The van der Waals surface area contributed by atoms with E-state index in [1.807, 2.05) is 20.8 Å². The second-order valence-corrected chi connectivity index (χ2v) is 4.59. The molecule has 0 spiro atoms. The molecule has 0 aromatic carbocycles. The van der Waals surface area contributed by atoms with Gasteiger partial charge in [0.25, 0.3) is 5.56 Å². The minimum absolute atomic E-state index is 0.119. The maximum atomic E-state index is 11.6. The molecule has 1 rings (SSSR count). The standard InChI is InChI=1S/C8H11ClN2OS/c1-8(2,3)11-7(12)6(9)5(13)4-10-11/h4,13H,1-3H3. The van der Waals surface area contributed by atoms with Gasteiger partial charge in [0.2, 0.25) is 0 Å². The lowest BCUT2D eigenvalue weighted by atomic mass is 10.1. The summed E-state index contributed by atoms with van der Waals surface area (Å²) >= 11 is 9.74. The third-order valence-electron chi connectivity index (χ3n) is 1.54. The van der Waals surface area contributed by atoms with Gasteiger partial charge in [0.05, 0.1) is 11.7 Å². The van der Waals surface area contributed by atoms with E-state index >= 15 is 0 Å². The van der Waals surface area contributed by atoms with Crippen LogP contribution < -0.4 is 5.56 Å². The lowest BCUT2D eigenvalue weighted by Gasteiger charge is -2.20. The summed E-state index contributed by atoms with van der Waals surface area (Å²) < 4.78 is 1.34. The lowest BCUT2D eigenvalue weighted by molar-refractivity contribution is 0.336. The molecule has 1 aromatic heterocycles. The summed E-state index contributed by atoms with van der Waals surface area (Å²) in [5.74, 6) is 0. The fourth-order valence-electron chi connectivity index (χ4n) is 0.902. The molecule has 0 bridgehead atoms. The monoisotopic (exact) mass is 218 g/mol. The Labute approximate surface area is 87.1 Å². The molecule has 1 aromatic rings. The summed E-state index contributed by atoms with van der Waals surface area (Å²) in [6.45, 7) is 5.65. The van der Waals surface area contributed by atoms with E-state index in [1.165, 1.54) is 10.9 Å². The molecule has 0 aliphatic carbocycles. The first-order valence-electron chi connectivity index (χ1n) is 3.81. The van der Waals surface area contributed by atoms with Crippen molar-refractivity contribution in [1.82, 2.24) is 9.78 Å². The average Bonchev–Trinajstić information content (AvgIpc) is 1.98. The highest BCUT2D eigenvalue weighted by Gasteiger charge is 2.18. The first-order valence-corrected chi connectivity index (χ1v) is 4.64. The number of halogens is 1. The number of hydrogen-bond donors (Lipinski definition) is 1. The Bertz CT molecular complexity index is 381. The number of nitrogens with zero attached hydrogens (tertiary/aromatic N) is 2. The number of aromatic nitrogens is 2. The molecule has 72 valence electrons. The molecule has 0 aliphatic heterocycles. The van der Waals surface area contributed by atoms with Crippen LogP contribution in [0, 0.1) is 0 Å². The summed E-state index contributed by atoms with van der Waals surface area (Å²) in [5, 5.41) is 4.07. The van der Waals surface area contributed by atoms with Gasteiger partial charge in [0.1, 0.15) is 5.02 Å². The maximum absolute atomic E-state index is 11.6. The van der Waals surface area contributed by atoms with Crippen LogP contribution in [0.1, 0.15) is 20.8 Å². The highest BCUT2D eigenvalue weighted by molar-refractivity contribution is 7.80. The summed E-state index contributed by atoms with van der Waals surface area (Å²) in [5.41, 5.74) is -0.663. The smallest absolute Gasteiger partial charge is 0.266 e. The Kier molecular flexibility index (Phi) is 2.73. The van der Waals surface area contributed by atoms with Crippen LogP contribution in [0.2, 0.25) is 5.02 Å². The molecule has 0 N–H and O–H groups in total. The molecule has 0 fully saturated rings. The van der Waals surface area contributed by atoms with Gasteiger partial charge in [-0.1, -0.05) is 11.6 Å². The number of hydrogen-bond acceptors (Lipinski definition) is 3. The zero-order valence-electron chi connectivity index (χ0n) is 7.71. The molecule has 13 heavy (non-hydrogen) atoms. The molecule has 0 saturated carbocycles. The van der Waals surface area contributed by atoms with Crippen LogP contribution in [0.15, 0.2) is 15.9 Å². The highest BCUT2D eigenvalue weighted by Crippen LogP contribution is 2.16. The summed E-state index contributed by atoms with van der Waals surface area (Å²) in [6, 6.07) is 0. The van der Waals surface area contributed by atoms with Crippen LogP contribution in [0.25, 0.3) is 0 Å². The zero-order valence-corrected chi connectivity index (χ0v) is 9.36. The molecule has 3 nitrogen and oxygen atoms in total. The van der Waals surface area contributed by atoms with Crippen molar-refractivity contribution in [3.05, 3.63) is 21.6 Å². The summed E-state index contributed by atoms with van der Waals surface area (Å²) in [4.78, 5) is 12.0. The topological polar surface area (TPSA) is 34.9 Å².